The number of hydrogen-bond acceptors (Lipinski definition) is 7. The molecular weight excluding hydrogens is 304 g/mol. The molecule has 3 aliphatic heterocycles. The van der Waals surface area contributed by atoms with Gasteiger partial charge in [-0.3, -0.25) is 4.79 Å². The number of carbonyl (C=O) groups excluding carboxylic acids is 1. The van der Waals surface area contributed by atoms with E-state index in [1.807, 2.05) is 27.7 Å². The summed E-state index contributed by atoms with van der Waals surface area (Å²) >= 11 is 0. The predicted molar refractivity (Wildman–Crippen MR) is 78.3 cm³/mol. The van der Waals surface area contributed by atoms with Crippen molar-refractivity contribution in [1.29, 1.82) is 0 Å². The molecule has 3 heterocycles. The second-order valence-electron chi connectivity index (χ2n) is 7.11. The molecule has 3 fully saturated rings. The Morgan fingerprint density at radius 3 is 2.43 bits per heavy atom. The van der Waals surface area contributed by atoms with Gasteiger partial charge >= 0.3 is 5.97 Å². The number of rotatable bonds is 4. The smallest absolute Gasteiger partial charge is 0.306 e. The summed E-state index contributed by atoms with van der Waals surface area (Å²) in [5, 5.41) is 0. The third-order valence-corrected chi connectivity index (χ3v) is 4.33. The van der Waals surface area contributed by atoms with E-state index in [2.05, 4.69) is 0 Å². The van der Waals surface area contributed by atoms with Gasteiger partial charge in [-0.25, -0.2) is 0 Å². The van der Waals surface area contributed by atoms with Crippen LogP contribution in [0.25, 0.3) is 0 Å². The topological polar surface area (TPSA) is 72.5 Å². The number of ether oxygens (including phenoxy) is 6. The molecule has 0 N–H and O–H groups in total. The van der Waals surface area contributed by atoms with Crippen LogP contribution in [0.2, 0.25) is 0 Å². The lowest BCUT2D eigenvalue weighted by molar-refractivity contribution is -0.227. The maximum absolute atomic E-state index is 12.0. The molecule has 0 aromatic rings. The van der Waals surface area contributed by atoms with Crippen molar-refractivity contribution in [3.05, 3.63) is 0 Å². The Morgan fingerprint density at radius 1 is 1.09 bits per heavy atom. The molecule has 0 aromatic heterocycles. The molecule has 0 aromatic carbocycles. The van der Waals surface area contributed by atoms with Gasteiger partial charge in [-0.15, -0.1) is 0 Å². The van der Waals surface area contributed by atoms with E-state index in [4.69, 9.17) is 28.4 Å². The van der Waals surface area contributed by atoms with Gasteiger partial charge in [-0.1, -0.05) is 0 Å². The lowest BCUT2D eigenvalue weighted by Gasteiger charge is -2.28. The summed E-state index contributed by atoms with van der Waals surface area (Å²) < 4.78 is 34.4. The monoisotopic (exact) mass is 330 g/mol. The molecule has 1 unspecified atom stereocenters. The Balaban J connectivity index is 1.75. The highest BCUT2D eigenvalue weighted by molar-refractivity contribution is 5.69. The Labute approximate surface area is 136 Å². The molecule has 7 heteroatoms. The molecular formula is C16H26O7. The largest absolute Gasteiger partial charge is 0.466 e. The van der Waals surface area contributed by atoms with Crippen LogP contribution >= 0.6 is 0 Å². The number of carbonyl (C=O) groups is 1. The van der Waals surface area contributed by atoms with Crippen LogP contribution in [-0.4, -0.2) is 55.4 Å². The summed E-state index contributed by atoms with van der Waals surface area (Å²) in [5.74, 6) is -1.83. The van der Waals surface area contributed by atoms with Gasteiger partial charge in [-0.2, -0.15) is 0 Å². The van der Waals surface area contributed by atoms with E-state index in [9.17, 15) is 4.79 Å². The van der Waals surface area contributed by atoms with Gasteiger partial charge in [0.05, 0.1) is 25.7 Å². The Hall–Kier alpha value is -0.730. The van der Waals surface area contributed by atoms with Crippen molar-refractivity contribution in [3.63, 3.8) is 0 Å². The maximum atomic E-state index is 12.0. The summed E-state index contributed by atoms with van der Waals surface area (Å²) in [4.78, 5) is 12.0. The van der Waals surface area contributed by atoms with Crippen molar-refractivity contribution in [3.8, 4) is 0 Å². The molecule has 5 atom stereocenters. The minimum atomic E-state index is -0.723. The molecule has 0 bridgehead atoms. The fourth-order valence-electron chi connectivity index (χ4n) is 3.48. The van der Waals surface area contributed by atoms with Crippen LogP contribution in [0.1, 0.15) is 41.0 Å². The Bertz CT molecular complexity index is 461. The van der Waals surface area contributed by atoms with Crippen molar-refractivity contribution in [2.45, 2.75) is 77.2 Å². The molecule has 0 aliphatic carbocycles. The predicted octanol–water partition coefficient (Wildman–Crippen LogP) is 1.58. The molecule has 0 radical (unpaired) electrons. The quantitative estimate of drug-likeness (QED) is 0.725. The van der Waals surface area contributed by atoms with Crippen molar-refractivity contribution in [2.75, 3.05) is 13.2 Å². The normalized spacial score (nSPS) is 41.0. The zero-order chi connectivity index (χ0) is 16.8. The van der Waals surface area contributed by atoms with Gasteiger partial charge in [0, 0.05) is 5.92 Å². The van der Waals surface area contributed by atoms with Crippen molar-refractivity contribution >= 4 is 5.97 Å². The van der Waals surface area contributed by atoms with E-state index < -0.39 is 17.9 Å². The van der Waals surface area contributed by atoms with Crippen LogP contribution in [0.3, 0.4) is 0 Å². The highest BCUT2D eigenvalue weighted by Gasteiger charge is 2.58. The summed E-state index contributed by atoms with van der Waals surface area (Å²) in [6.45, 7) is 9.95. The number of fused-ring (bicyclic) bond motifs is 1. The second kappa shape index (κ2) is 5.97. The molecule has 7 nitrogen and oxygen atoms in total. The van der Waals surface area contributed by atoms with Crippen LogP contribution in [0, 0.1) is 5.92 Å². The van der Waals surface area contributed by atoms with Crippen LogP contribution < -0.4 is 0 Å². The second-order valence-corrected chi connectivity index (χ2v) is 7.11. The molecule has 0 saturated carbocycles. The number of esters is 1. The van der Waals surface area contributed by atoms with Crippen molar-refractivity contribution < 1.29 is 33.2 Å². The first-order chi connectivity index (χ1) is 10.7. The number of hydrogen-bond donors (Lipinski definition) is 0. The summed E-state index contributed by atoms with van der Waals surface area (Å²) in [5.41, 5.74) is 0. The van der Waals surface area contributed by atoms with Crippen molar-refractivity contribution in [1.82, 2.24) is 0 Å². The van der Waals surface area contributed by atoms with Gasteiger partial charge in [0.2, 0.25) is 0 Å². The molecule has 0 amide bonds. The molecule has 3 aliphatic rings. The van der Waals surface area contributed by atoms with E-state index in [0.717, 1.165) is 0 Å². The minimum absolute atomic E-state index is 0.191. The molecule has 3 rings (SSSR count). The van der Waals surface area contributed by atoms with Crippen molar-refractivity contribution in [2.24, 2.45) is 5.92 Å². The first-order valence-corrected chi connectivity index (χ1v) is 8.19. The van der Waals surface area contributed by atoms with Gasteiger partial charge in [0.15, 0.2) is 17.9 Å². The lowest BCUT2D eigenvalue weighted by Crippen LogP contribution is -2.40. The SMILES string of the molecule is CCOC(=O)C[C@H]1[C@H]2OC(C)(C)O[C@H]2O[C@@H]1C1COC(C)(C)O1. The highest BCUT2D eigenvalue weighted by Crippen LogP contribution is 2.45. The lowest BCUT2D eigenvalue weighted by atomic mass is 9.91. The van der Waals surface area contributed by atoms with Crippen LogP contribution in [0.4, 0.5) is 0 Å². The van der Waals surface area contributed by atoms with E-state index in [0.29, 0.717) is 13.2 Å². The van der Waals surface area contributed by atoms with E-state index >= 15 is 0 Å². The first kappa shape index (κ1) is 17.1. The molecule has 3 saturated heterocycles. The summed E-state index contributed by atoms with van der Waals surface area (Å²) in [6.07, 6.45) is -1.19. The minimum Gasteiger partial charge on any atom is -0.466 e. The van der Waals surface area contributed by atoms with Crippen LogP contribution in [0.15, 0.2) is 0 Å². The standard InChI is InChI=1S/C16H26O7/c1-6-18-11(17)7-9-12(10-8-19-15(2,3)21-10)20-14-13(9)22-16(4,5)23-14/h9-10,12-14H,6-8H2,1-5H3/t9-,10?,12+,13-,14-/m1/s1. The van der Waals surface area contributed by atoms with E-state index in [1.54, 1.807) is 6.92 Å². The molecule has 132 valence electrons. The maximum Gasteiger partial charge on any atom is 0.306 e. The van der Waals surface area contributed by atoms with E-state index in [-0.39, 0.29) is 36.6 Å². The Kier molecular flexibility index (Phi) is 4.44. The Morgan fingerprint density at radius 2 is 1.83 bits per heavy atom. The van der Waals surface area contributed by atoms with Gasteiger partial charge < -0.3 is 28.4 Å². The molecule has 23 heavy (non-hydrogen) atoms. The first-order valence-electron chi connectivity index (χ1n) is 8.19. The third kappa shape index (κ3) is 3.53. The van der Waals surface area contributed by atoms with Crippen LogP contribution in [-0.2, 0) is 33.2 Å². The summed E-state index contributed by atoms with van der Waals surface area (Å²) in [7, 11) is 0. The highest BCUT2D eigenvalue weighted by atomic mass is 16.8. The van der Waals surface area contributed by atoms with Gasteiger partial charge in [0.1, 0.15) is 12.2 Å². The van der Waals surface area contributed by atoms with Crippen LogP contribution in [0.5, 0.6) is 0 Å². The molecule has 0 spiro atoms. The van der Waals surface area contributed by atoms with Gasteiger partial charge in [-0.05, 0) is 34.6 Å². The van der Waals surface area contributed by atoms with Gasteiger partial charge in [0.25, 0.3) is 0 Å². The average Bonchev–Trinajstić information content (AvgIpc) is 3.01. The average molecular weight is 330 g/mol. The van der Waals surface area contributed by atoms with E-state index in [1.165, 1.54) is 0 Å². The zero-order valence-electron chi connectivity index (χ0n) is 14.4. The third-order valence-electron chi connectivity index (χ3n) is 4.33. The fraction of sp³-hybridized carbons (Fsp3) is 0.938. The fourth-order valence-corrected chi connectivity index (χ4v) is 3.48. The summed E-state index contributed by atoms with van der Waals surface area (Å²) in [6, 6.07) is 0. The zero-order valence-corrected chi connectivity index (χ0v) is 14.4.